The Morgan fingerprint density at radius 3 is 2.34 bits per heavy atom. The molecule has 3 aromatic carbocycles. The monoisotopic (exact) mass is 514 g/mol. The molecule has 0 aliphatic carbocycles. The number of carbonyl (C=O) groups excluding carboxylic acids is 2. The molecule has 6 nitrogen and oxygen atoms in total. The SMILES string of the molecule is COc1cc(C)c(C(=O)N2CCC[C@H](C(=O)Nc3cccc(C(C)(C)C)c3)[C@@H]2c2ccccc2)c(OC)c1. The fourth-order valence-corrected chi connectivity index (χ4v) is 5.28. The third-order valence-electron chi connectivity index (χ3n) is 7.31. The number of likely N-dealkylation sites (tertiary alicyclic amines) is 1. The largest absolute Gasteiger partial charge is 0.497 e. The van der Waals surface area contributed by atoms with Crippen molar-refractivity contribution in [3.05, 3.63) is 89.0 Å². The van der Waals surface area contributed by atoms with Crippen molar-refractivity contribution in [1.82, 2.24) is 4.90 Å². The highest BCUT2D eigenvalue weighted by atomic mass is 16.5. The van der Waals surface area contributed by atoms with E-state index in [1.807, 2.05) is 66.4 Å². The molecule has 1 saturated heterocycles. The maximum atomic E-state index is 14.1. The van der Waals surface area contributed by atoms with E-state index in [1.165, 1.54) is 0 Å². The molecule has 0 aromatic heterocycles. The Kier molecular flexibility index (Phi) is 8.10. The van der Waals surface area contributed by atoms with Crippen molar-refractivity contribution >= 4 is 17.5 Å². The maximum absolute atomic E-state index is 14.1. The van der Waals surface area contributed by atoms with E-state index in [9.17, 15) is 9.59 Å². The molecule has 3 aromatic rings. The summed E-state index contributed by atoms with van der Waals surface area (Å²) in [7, 11) is 3.14. The number of carbonyl (C=O) groups is 2. The highest BCUT2D eigenvalue weighted by Gasteiger charge is 2.40. The summed E-state index contributed by atoms with van der Waals surface area (Å²) in [6, 6.07) is 21.0. The van der Waals surface area contributed by atoms with Crippen molar-refractivity contribution in [2.75, 3.05) is 26.1 Å². The molecule has 2 atom stereocenters. The second kappa shape index (κ2) is 11.3. The fraction of sp³-hybridized carbons (Fsp3) is 0.375. The van der Waals surface area contributed by atoms with Crippen LogP contribution in [-0.2, 0) is 10.2 Å². The van der Waals surface area contributed by atoms with Gasteiger partial charge in [0.05, 0.1) is 31.7 Å². The lowest BCUT2D eigenvalue weighted by Gasteiger charge is -2.41. The van der Waals surface area contributed by atoms with Crippen molar-refractivity contribution in [2.24, 2.45) is 5.92 Å². The number of hydrogen-bond donors (Lipinski definition) is 1. The molecule has 0 spiro atoms. The molecule has 200 valence electrons. The van der Waals surface area contributed by atoms with Crippen LogP contribution in [0.1, 0.15) is 66.7 Å². The summed E-state index contributed by atoms with van der Waals surface area (Å²) in [6.45, 7) is 8.89. The topological polar surface area (TPSA) is 67.9 Å². The number of hydrogen-bond acceptors (Lipinski definition) is 4. The quantitative estimate of drug-likeness (QED) is 0.405. The molecule has 0 radical (unpaired) electrons. The first-order valence-electron chi connectivity index (χ1n) is 13.1. The van der Waals surface area contributed by atoms with Crippen LogP contribution in [0, 0.1) is 12.8 Å². The summed E-state index contributed by atoms with van der Waals surface area (Å²) in [5.41, 5.74) is 4.09. The molecular formula is C32H38N2O4. The highest BCUT2D eigenvalue weighted by molar-refractivity contribution is 6.00. The minimum atomic E-state index is -0.408. The van der Waals surface area contributed by atoms with Crippen LogP contribution in [0.2, 0.25) is 0 Å². The van der Waals surface area contributed by atoms with Gasteiger partial charge < -0.3 is 19.7 Å². The number of nitrogens with zero attached hydrogens (tertiary/aromatic N) is 1. The maximum Gasteiger partial charge on any atom is 0.258 e. The predicted molar refractivity (Wildman–Crippen MR) is 151 cm³/mol. The minimum absolute atomic E-state index is 0.0311. The van der Waals surface area contributed by atoms with E-state index < -0.39 is 12.0 Å². The number of nitrogens with one attached hydrogen (secondary N) is 1. The normalized spacial score (nSPS) is 17.6. The van der Waals surface area contributed by atoms with E-state index in [0.29, 0.717) is 30.0 Å². The van der Waals surface area contributed by atoms with Crippen molar-refractivity contribution in [2.45, 2.75) is 52.0 Å². The number of amides is 2. The zero-order valence-electron chi connectivity index (χ0n) is 23.2. The van der Waals surface area contributed by atoms with Crippen LogP contribution in [0.3, 0.4) is 0 Å². The summed E-state index contributed by atoms with van der Waals surface area (Å²) in [5, 5.41) is 3.15. The number of methoxy groups -OCH3 is 2. The second-order valence-corrected chi connectivity index (χ2v) is 10.9. The lowest BCUT2D eigenvalue weighted by atomic mass is 9.83. The van der Waals surface area contributed by atoms with Gasteiger partial charge in [-0.25, -0.2) is 0 Å². The Morgan fingerprint density at radius 1 is 0.947 bits per heavy atom. The summed E-state index contributed by atoms with van der Waals surface area (Å²) in [5.74, 6) is 0.454. The number of piperidine rings is 1. The van der Waals surface area contributed by atoms with Gasteiger partial charge in [-0.2, -0.15) is 0 Å². The third-order valence-corrected chi connectivity index (χ3v) is 7.31. The number of ether oxygens (including phenoxy) is 2. The van der Waals surface area contributed by atoms with Crippen LogP contribution < -0.4 is 14.8 Å². The Hall–Kier alpha value is -3.80. The number of rotatable bonds is 6. The molecule has 1 fully saturated rings. The van der Waals surface area contributed by atoms with Gasteiger partial charge in [0.25, 0.3) is 5.91 Å². The summed E-state index contributed by atoms with van der Waals surface area (Å²) >= 11 is 0. The second-order valence-electron chi connectivity index (χ2n) is 10.9. The van der Waals surface area contributed by atoms with Gasteiger partial charge in [0.15, 0.2) is 0 Å². The van der Waals surface area contributed by atoms with Gasteiger partial charge in [0.2, 0.25) is 5.91 Å². The summed E-state index contributed by atoms with van der Waals surface area (Å²) in [4.78, 5) is 29.8. The lowest BCUT2D eigenvalue weighted by molar-refractivity contribution is -0.123. The zero-order chi connectivity index (χ0) is 27.4. The van der Waals surface area contributed by atoms with Crippen LogP contribution in [0.15, 0.2) is 66.7 Å². The molecule has 0 saturated carbocycles. The molecule has 1 heterocycles. The smallest absolute Gasteiger partial charge is 0.258 e. The molecule has 1 N–H and O–H groups in total. The number of anilines is 1. The zero-order valence-corrected chi connectivity index (χ0v) is 23.2. The van der Waals surface area contributed by atoms with Crippen LogP contribution in [-0.4, -0.2) is 37.5 Å². The van der Waals surface area contributed by atoms with Gasteiger partial charge in [-0.15, -0.1) is 0 Å². The average Bonchev–Trinajstić information content (AvgIpc) is 2.91. The van der Waals surface area contributed by atoms with Crippen molar-refractivity contribution in [3.8, 4) is 11.5 Å². The molecule has 1 aliphatic rings. The van der Waals surface area contributed by atoms with Gasteiger partial charge >= 0.3 is 0 Å². The van der Waals surface area contributed by atoms with Crippen LogP contribution >= 0.6 is 0 Å². The molecule has 0 unspecified atom stereocenters. The first kappa shape index (κ1) is 27.2. The molecule has 38 heavy (non-hydrogen) atoms. The molecule has 0 bridgehead atoms. The van der Waals surface area contributed by atoms with E-state index >= 15 is 0 Å². The van der Waals surface area contributed by atoms with E-state index in [4.69, 9.17) is 9.47 Å². The molecular weight excluding hydrogens is 476 g/mol. The van der Waals surface area contributed by atoms with E-state index in [2.05, 4.69) is 32.2 Å². The Labute approximate surface area is 226 Å². The van der Waals surface area contributed by atoms with Gasteiger partial charge in [0.1, 0.15) is 11.5 Å². The van der Waals surface area contributed by atoms with Crippen LogP contribution in [0.5, 0.6) is 11.5 Å². The van der Waals surface area contributed by atoms with Crippen molar-refractivity contribution < 1.29 is 19.1 Å². The van der Waals surface area contributed by atoms with E-state index in [1.54, 1.807) is 20.3 Å². The molecule has 4 rings (SSSR count). The highest BCUT2D eigenvalue weighted by Crippen LogP contribution is 2.40. The standard InChI is InChI=1S/C32H38N2O4/c1-21-18-25(37-5)20-27(38-6)28(21)31(36)34-17-11-16-26(29(34)22-12-8-7-9-13-22)30(35)33-24-15-10-14-23(19-24)32(2,3)4/h7-10,12-15,18-20,26,29H,11,16-17H2,1-6H3,(H,33,35)/t26-,29-/m0/s1. The van der Waals surface area contributed by atoms with Crippen molar-refractivity contribution in [3.63, 3.8) is 0 Å². The van der Waals surface area contributed by atoms with E-state index in [-0.39, 0.29) is 17.2 Å². The molecule has 2 amide bonds. The molecule has 6 heteroatoms. The minimum Gasteiger partial charge on any atom is -0.497 e. The number of aryl methyl sites for hydroxylation is 1. The Morgan fingerprint density at radius 2 is 1.68 bits per heavy atom. The first-order chi connectivity index (χ1) is 18.1. The average molecular weight is 515 g/mol. The van der Waals surface area contributed by atoms with Gasteiger partial charge in [-0.3, -0.25) is 9.59 Å². The van der Waals surface area contributed by atoms with Crippen molar-refractivity contribution in [1.29, 1.82) is 0 Å². The summed E-state index contributed by atoms with van der Waals surface area (Å²) in [6.07, 6.45) is 1.42. The number of benzene rings is 3. The third kappa shape index (κ3) is 5.69. The Bertz CT molecular complexity index is 1300. The van der Waals surface area contributed by atoms with Crippen LogP contribution in [0.4, 0.5) is 5.69 Å². The molecule has 1 aliphatic heterocycles. The van der Waals surface area contributed by atoms with Gasteiger partial charge in [-0.05, 0) is 60.1 Å². The fourth-order valence-electron chi connectivity index (χ4n) is 5.28. The van der Waals surface area contributed by atoms with Gasteiger partial charge in [0, 0.05) is 18.3 Å². The van der Waals surface area contributed by atoms with Crippen LogP contribution in [0.25, 0.3) is 0 Å². The predicted octanol–water partition coefficient (Wildman–Crippen LogP) is 6.54. The first-order valence-corrected chi connectivity index (χ1v) is 13.1. The van der Waals surface area contributed by atoms with Gasteiger partial charge in [-0.1, -0.05) is 63.2 Å². The lowest BCUT2D eigenvalue weighted by Crippen LogP contribution is -2.46. The summed E-state index contributed by atoms with van der Waals surface area (Å²) < 4.78 is 11.0. The van der Waals surface area contributed by atoms with E-state index in [0.717, 1.165) is 28.8 Å². The Balaban J connectivity index is 1.71.